The minimum absolute atomic E-state index is 0.0102. The summed E-state index contributed by atoms with van der Waals surface area (Å²) >= 11 is 0. The zero-order valence-corrected chi connectivity index (χ0v) is 20.3. The third kappa shape index (κ3) is 4.31. The first-order chi connectivity index (χ1) is 17.2. The van der Waals surface area contributed by atoms with Crippen molar-refractivity contribution < 1.29 is 19.4 Å². The summed E-state index contributed by atoms with van der Waals surface area (Å²) in [4.78, 5) is 24.4. The van der Waals surface area contributed by atoms with Crippen molar-refractivity contribution in [3.8, 4) is 17.1 Å². The van der Waals surface area contributed by atoms with Gasteiger partial charge in [-0.2, -0.15) is 5.10 Å². The van der Waals surface area contributed by atoms with Crippen molar-refractivity contribution in [3.63, 3.8) is 0 Å². The van der Waals surface area contributed by atoms with Crippen molar-refractivity contribution >= 4 is 33.4 Å². The molecule has 1 amide bonds. The molecule has 0 aliphatic carbocycles. The van der Waals surface area contributed by atoms with Gasteiger partial charge in [-0.05, 0) is 38.1 Å². The molecule has 188 valence electrons. The molecule has 2 aromatic carbocycles. The summed E-state index contributed by atoms with van der Waals surface area (Å²) in [7, 11) is 1.66. The molecule has 5 rings (SSSR count). The molecule has 36 heavy (non-hydrogen) atoms. The fraction of sp³-hybridized carbons (Fsp3) is 0.360. The van der Waals surface area contributed by atoms with Crippen LogP contribution in [-0.4, -0.2) is 74.2 Å². The molecule has 1 aliphatic heterocycles. The van der Waals surface area contributed by atoms with Crippen molar-refractivity contribution in [1.82, 2.24) is 30.4 Å². The number of piperazine rings is 1. The number of halogens is 1. The second-order valence-corrected chi connectivity index (χ2v) is 9.28. The highest BCUT2D eigenvalue weighted by atomic mass is 19.1. The van der Waals surface area contributed by atoms with E-state index < -0.39 is 17.5 Å². The maximum Gasteiger partial charge on any atom is 0.270 e. The zero-order chi connectivity index (χ0) is 25.6. The summed E-state index contributed by atoms with van der Waals surface area (Å²) in [5.74, 6) is -2.01. The number of hydrogen-bond donors (Lipinski definition) is 4. The van der Waals surface area contributed by atoms with Gasteiger partial charge in [0.05, 0.1) is 17.7 Å². The number of aliphatic hydroxyl groups is 1. The normalized spacial score (nSPS) is 18.2. The average molecular weight is 494 g/mol. The van der Waals surface area contributed by atoms with E-state index in [1.54, 1.807) is 25.4 Å². The van der Waals surface area contributed by atoms with Gasteiger partial charge in [0.25, 0.3) is 5.91 Å². The first-order valence-electron chi connectivity index (χ1n) is 11.8. The lowest BCUT2D eigenvalue weighted by atomic mass is 10.1. The SMILES string of the molecule is C[C@@H]1CN(c2ccc3nc(-c4cc5cn(C)nc5c(F)c4O)nc(C(=O)NCCO)c3c2)C[C@@H](C)N1. The second-order valence-electron chi connectivity index (χ2n) is 9.28. The molecule has 3 heterocycles. The molecular weight excluding hydrogens is 465 g/mol. The molecule has 1 fully saturated rings. The minimum Gasteiger partial charge on any atom is -0.504 e. The number of phenolic OH excluding ortho intramolecular Hbond substituents is 1. The van der Waals surface area contributed by atoms with Crippen LogP contribution in [0.3, 0.4) is 0 Å². The number of nitrogens with zero attached hydrogens (tertiary/aromatic N) is 5. The van der Waals surface area contributed by atoms with Gasteiger partial charge in [-0.15, -0.1) is 0 Å². The number of aromatic hydroxyl groups is 1. The Hall–Kier alpha value is -3.83. The molecule has 2 atom stereocenters. The maximum atomic E-state index is 14.9. The maximum absolute atomic E-state index is 14.9. The van der Waals surface area contributed by atoms with Crippen molar-refractivity contribution in [3.05, 3.63) is 42.0 Å². The number of aliphatic hydroxyl groups excluding tert-OH is 1. The number of rotatable bonds is 5. The van der Waals surface area contributed by atoms with E-state index in [9.17, 15) is 19.4 Å². The second kappa shape index (κ2) is 9.32. The first-order valence-corrected chi connectivity index (χ1v) is 11.8. The van der Waals surface area contributed by atoms with Crippen LogP contribution in [0.1, 0.15) is 24.3 Å². The van der Waals surface area contributed by atoms with Gasteiger partial charge in [-0.1, -0.05) is 0 Å². The third-order valence-corrected chi connectivity index (χ3v) is 6.28. The molecule has 1 aliphatic rings. The molecule has 0 saturated carbocycles. The standard InChI is InChI=1S/C25H28FN7O3/c1-13-10-33(11-14(2)28-13)16-4-5-19-17(9-16)22(25(36)27-6-7-34)30-24(29-19)18-8-15-12-32(3)31-21(15)20(26)23(18)35/h4-5,8-9,12-14,28,34-35H,6-7,10-11H2,1-3H3,(H,27,36)/t13-,14-/m1/s1. The lowest BCUT2D eigenvalue weighted by molar-refractivity contribution is 0.0941. The number of amides is 1. The molecule has 11 heteroatoms. The lowest BCUT2D eigenvalue weighted by Crippen LogP contribution is -2.54. The van der Waals surface area contributed by atoms with Crippen LogP contribution < -0.4 is 15.5 Å². The van der Waals surface area contributed by atoms with E-state index in [1.807, 2.05) is 12.1 Å². The molecule has 0 bridgehead atoms. The van der Waals surface area contributed by atoms with Gasteiger partial charge in [0, 0.05) is 61.4 Å². The average Bonchev–Trinajstić information content (AvgIpc) is 3.23. The monoisotopic (exact) mass is 493 g/mol. The Balaban J connectivity index is 1.67. The number of aromatic nitrogens is 4. The van der Waals surface area contributed by atoms with E-state index in [0.29, 0.717) is 28.4 Å². The van der Waals surface area contributed by atoms with Crippen molar-refractivity contribution in [2.75, 3.05) is 31.1 Å². The molecule has 0 spiro atoms. The van der Waals surface area contributed by atoms with Crippen molar-refractivity contribution in [2.45, 2.75) is 25.9 Å². The van der Waals surface area contributed by atoms with E-state index in [0.717, 1.165) is 18.8 Å². The van der Waals surface area contributed by atoms with Crippen LogP contribution in [0.5, 0.6) is 5.75 Å². The number of hydrogen-bond acceptors (Lipinski definition) is 8. The van der Waals surface area contributed by atoms with Crippen LogP contribution in [0.2, 0.25) is 0 Å². The molecule has 4 aromatic rings. The predicted molar refractivity (Wildman–Crippen MR) is 135 cm³/mol. The van der Waals surface area contributed by atoms with E-state index in [1.165, 1.54) is 4.68 Å². The topological polar surface area (TPSA) is 128 Å². The molecule has 1 saturated heterocycles. The van der Waals surface area contributed by atoms with E-state index in [2.05, 4.69) is 44.4 Å². The van der Waals surface area contributed by atoms with Crippen LogP contribution >= 0.6 is 0 Å². The summed E-state index contributed by atoms with van der Waals surface area (Å²) in [6.45, 7) is 5.67. The number of fused-ring (bicyclic) bond motifs is 2. The quantitative estimate of drug-likeness (QED) is 0.332. The number of nitrogens with one attached hydrogen (secondary N) is 2. The Morgan fingerprint density at radius 1 is 1.22 bits per heavy atom. The Bertz CT molecular complexity index is 1460. The summed E-state index contributed by atoms with van der Waals surface area (Å²) in [5, 5.41) is 31.0. The Kier molecular flexibility index (Phi) is 6.19. The summed E-state index contributed by atoms with van der Waals surface area (Å²) in [6.07, 6.45) is 1.62. The smallest absolute Gasteiger partial charge is 0.270 e. The van der Waals surface area contributed by atoms with Gasteiger partial charge in [-0.3, -0.25) is 9.48 Å². The fourth-order valence-corrected chi connectivity index (χ4v) is 4.81. The highest BCUT2D eigenvalue weighted by Crippen LogP contribution is 2.36. The third-order valence-electron chi connectivity index (χ3n) is 6.28. The molecule has 10 nitrogen and oxygen atoms in total. The highest BCUT2D eigenvalue weighted by Gasteiger charge is 2.24. The van der Waals surface area contributed by atoms with Gasteiger partial charge < -0.3 is 25.7 Å². The Morgan fingerprint density at radius 3 is 2.69 bits per heavy atom. The number of anilines is 1. The van der Waals surface area contributed by atoms with Gasteiger partial charge in [-0.25, -0.2) is 14.4 Å². The predicted octanol–water partition coefficient (Wildman–Crippen LogP) is 1.94. The summed E-state index contributed by atoms with van der Waals surface area (Å²) in [5.41, 5.74) is 1.57. The van der Waals surface area contributed by atoms with E-state index in [-0.39, 0.29) is 35.8 Å². The van der Waals surface area contributed by atoms with Crippen molar-refractivity contribution in [2.24, 2.45) is 7.05 Å². The van der Waals surface area contributed by atoms with E-state index in [4.69, 9.17) is 0 Å². The zero-order valence-electron chi connectivity index (χ0n) is 20.3. The molecule has 0 radical (unpaired) electrons. The van der Waals surface area contributed by atoms with Gasteiger partial charge >= 0.3 is 0 Å². The number of aryl methyl sites for hydroxylation is 1. The number of benzene rings is 2. The lowest BCUT2D eigenvalue weighted by Gasteiger charge is -2.37. The summed E-state index contributed by atoms with van der Waals surface area (Å²) in [6, 6.07) is 7.76. The largest absolute Gasteiger partial charge is 0.504 e. The van der Waals surface area contributed by atoms with Crippen LogP contribution in [0.4, 0.5) is 10.1 Å². The van der Waals surface area contributed by atoms with Gasteiger partial charge in [0.15, 0.2) is 17.4 Å². The van der Waals surface area contributed by atoms with Crippen LogP contribution in [0, 0.1) is 5.82 Å². The molecular formula is C25H28FN7O3. The number of carbonyl (C=O) groups is 1. The molecule has 4 N–H and O–H groups in total. The molecule has 2 aromatic heterocycles. The Labute approximate surface area is 206 Å². The van der Waals surface area contributed by atoms with Gasteiger partial charge in [0.2, 0.25) is 0 Å². The first kappa shape index (κ1) is 23.9. The fourth-order valence-electron chi connectivity index (χ4n) is 4.81. The van der Waals surface area contributed by atoms with Crippen molar-refractivity contribution in [1.29, 1.82) is 0 Å². The Morgan fingerprint density at radius 2 is 1.97 bits per heavy atom. The van der Waals surface area contributed by atoms with Gasteiger partial charge in [0.1, 0.15) is 11.2 Å². The van der Waals surface area contributed by atoms with Crippen LogP contribution in [0.15, 0.2) is 30.5 Å². The number of phenols is 1. The summed E-state index contributed by atoms with van der Waals surface area (Å²) < 4.78 is 16.4. The van der Waals surface area contributed by atoms with Crippen LogP contribution in [0.25, 0.3) is 33.2 Å². The molecule has 0 unspecified atom stereocenters. The van der Waals surface area contributed by atoms with Crippen LogP contribution in [-0.2, 0) is 7.05 Å². The van der Waals surface area contributed by atoms with E-state index >= 15 is 0 Å². The highest BCUT2D eigenvalue weighted by molar-refractivity contribution is 6.06. The minimum atomic E-state index is -0.879. The number of carbonyl (C=O) groups excluding carboxylic acids is 1.